The van der Waals surface area contributed by atoms with E-state index in [2.05, 4.69) is 130 Å². The Bertz CT molecular complexity index is 1490. The molecule has 0 aliphatic rings. The Kier molecular flexibility index (Phi) is 57.4. The van der Waals surface area contributed by atoms with Gasteiger partial charge in [0.05, 0.1) is 0 Å². The van der Waals surface area contributed by atoms with Crippen LogP contribution in [0, 0.1) is 0 Å². The predicted octanol–water partition coefficient (Wildman–Crippen LogP) is 20.7. The number of unbranched alkanes of at least 4 members (excludes halogenated alkanes) is 25. The molecule has 0 amide bonds. The smallest absolute Gasteiger partial charge is 0.306 e. The van der Waals surface area contributed by atoms with Crippen LogP contribution in [0.4, 0.5) is 0 Å². The molecule has 0 bridgehead atoms. The van der Waals surface area contributed by atoms with Gasteiger partial charge in [0.25, 0.3) is 0 Å². The number of carbonyl (C=O) groups is 3. The first-order valence-electron chi connectivity index (χ1n) is 30.4. The lowest BCUT2D eigenvalue weighted by atomic mass is 10.1. The number of esters is 3. The summed E-state index contributed by atoms with van der Waals surface area (Å²) in [4.78, 5) is 38.3. The number of ether oxygens (including phenoxy) is 3. The predicted molar refractivity (Wildman–Crippen MR) is 316 cm³/mol. The average Bonchev–Trinajstić information content (AvgIpc) is 3.39. The molecule has 0 N–H and O–H groups in total. The third-order valence-corrected chi connectivity index (χ3v) is 12.7. The quantitative estimate of drug-likeness (QED) is 0.0261. The topological polar surface area (TPSA) is 78.9 Å². The van der Waals surface area contributed by atoms with E-state index in [4.69, 9.17) is 14.2 Å². The summed E-state index contributed by atoms with van der Waals surface area (Å²) >= 11 is 0. The minimum Gasteiger partial charge on any atom is -0.462 e. The van der Waals surface area contributed by atoms with Crippen LogP contribution in [0.15, 0.2) is 109 Å². The highest BCUT2D eigenvalue weighted by Gasteiger charge is 2.19. The Morgan fingerprint density at radius 1 is 0.288 bits per heavy atom. The molecule has 0 unspecified atom stereocenters. The molecule has 1 atom stereocenters. The molecule has 6 nitrogen and oxygen atoms in total. The first-order valence-corrected chi connectivity index (χ1v) is 30.4. The van der Waals surface area contributed by atoms with E-state index in [1.165, 1.54) is 116 Å². The Morgan fingerprint density at radius 2 is 0.534 bits per heavy atom. The van der Waals surface area contributed by atoms with Crippen LogP contribution >= 0.6 is 0 Å². The molecule has 6 heteroatoms. The number of hydrogen-bond acceptors (Lipinski definition) is 6. The highest BCUT2D eigenvalue weighted by atomic mass is 16.6. The van der Waals surface area contributed by atoms with E-state index >= 15 is 0 Å². The molecule has 416 valence electrons. The third-order valence-electron chi connectivity index (χ3n) is 12.7. The summed E-state index contributed by atoms with van der Waals surface area (Å²) in [6, 6.07) is 0. The van der Waals surface area contributed by atoms with Crippen LogP contribution in [0.1, 0.15) is 278 Å². The van der Waals surface area contributed by atoms with Crippen molar-refractivity contribution in [1.29, 1.82) is 0 Å². The maximum atomic E-state index is 12.9. The van der Waals surface area contributed by atoms with Crippen LogP contribution in [-0.2, 0) is 28.6 Å². The van der Waals surface area contributed by atoms with Crippen molar-refractivity contribution >= 4 is 17.9 Å². The average molecular weight is 1010 g/mol. The Hall–Kier alpha value is -3.93. The van der Waals surface area contributed by atoms with Gasteiger partial charge in [0.15, 0.2) is 6.10 Å². The molecule has 0 saturated heterocycles. The van der Waals surface area contributed by atoms with Gasteiger partial charge in [-0.3, -0.25) is 14.4 Å². The summed E-state index contributed by atoms with van der Waals surface area (Å²) in [5.41, 5.74) is 0. The van der Waals surface area contributed by atoms with Gasteiger partial charge in [-0.25, -0.2) is 0 Å². The zero-order valence-corrected chi connectivity index (χ0v) is 47.6. The van der Waals surface area contributed by atoms with Crippen molar-refractivity contribution in [3.8, 4) is 0 Å². The maximum absolute atomic E-state index is 12.9. The monoisotopic (exact) mass is 1010 g/mol. The van der Waals surface area contributed by atoms with Crippen LogP contribution in [0.25, 0.3) is 0 Å². The minimum atomic E-state index is -0.809. The Morgan fingerprint density at radius 3 is 0.890 bits per heavy atom. The summed E-state index contributed by atoms with van der Waals surface area (Å²) in [5.74, 6) is -0.954. The van der Waals surface area contributed by atoms with Gasteiger partial charge in [-0.1, -0.05) is 239 Å². The zero-order valence-electron chi connectivity index (χ0n) is 47.6. The molecule has 0 radical (unpaired) electrons. The molecule has 0 spiro atoms. The SMILES string of the molecule is CC/C=C\C/C=C\C/C=C\C/C=C\C/C=C\CCCCCC(=O)O[C@H](COC(=O)CCCCCC/C=C\C/C=C\C/C=C\CCCCC)COC(=O)CCCCCCCCCCC/C=C\CCCCCCCC. The first-order chi connectivity index (χ1) is 36.0. The van der Waals surface area contributed by atoms with Crippen LogP contribution in [0.2, 0.25) is 0 Å². The summed E-state index contributed by atoms with van der Waals surface area (Å²) in [7, 11) is 0. The summed E-state index contributed by atoms with van der Waals surface area (Å²) in [6.45, 7) is 6.46. The number of rotatable bonds is 54. The fourth-order valence-corrected chi connectivity index (χ4v) is 8.18. The molecule has 0 aliphatic heterocycles. The minimum absolute atomic E-state index is 0.101. The largest absolute Gasteiger partial charge is 0.462 e. The van der Waals surface area contributed by atoms with Gasteiger partial charge in [-0.05, 0) is 128 Å². The second-order valence-corrected chi connectivity index (χ2v) is 19.9. The molecule has 0 rings (SSSR count). The van der Waals surface area contributed by atoms with Crippen LogP contribution in [0.3, 0.4) is 0 Å². The van der Waals surface area contributed by atoms with Crippen molar-refractivity contribution in [1.82, 2.24) is 0 Å². The van der Waals surface area contributed by atoms with Crippen molar-refractivity contribution in [2.75, 3.05) is 13.2 Å². The normalized spacial score (nSPS) is 12.9. The van der Waals surface area contributed by atoms with Gasteiger partial charge < -0.3 is 14.2 Å². The Labute approximate surface area is 450 Å². The summed E-state index contributed by atoms with van der Waals surface area (Å²) < 4.78 is 16.9. The second kappa shape index (κ2) is 60.6. The van der Waals surface area contributed by atoms with E-state index in [1.807, 2.05) is 0 Å². The number of hydrogen-bond donors (Lipinski definition) is 0. The number of allylic oxidation sites excluding steroid dienone is 18. The van der Waals surface area contributed by atoms with Gasteiger partial charge in [0.2, 0.25) is 0 Å². The van der Waals surface area contributed by atoms with Crippen LogP contribution in [-0.4, -0.2) is 37.2 Å². The molecular formula is C67H112O6. The van der Waals surface area contributed by atoms with E-state index in [9.17, 15) is 14.4 Å². The molecule has 73 heavy (non-hydrogen) atoms. The van der Waals surface area contributed by atoms with Crippen molar-refractivity contribution in [2.45, 2.75) is 284 Å². The van der Waals surface area contributed by atoms with Crippen LogP contribution < -0.4 is 0 Å². The van der Waals surface area contributed by atoms with Gasteiger partial charge >= 0.3 is 17.9 Å². The molecule has 0 aromatic heterocycles. The molecule has 0 fully saturated rings. The fraction of sp³-hybridized carbons (Fsp3) is 0.687. The molecule has 0 aromatic rings. The zero-order chi connectivity index (χ0) is 52.9. The van der Waals surface area contributed by atoms with E-state index in [0.717, 1.165) is 122 Å². The lowest BCUT2D eigenvalue weighted by Gasteiger charge is -2.18. The standard InChI is InChI=1S/C67H112O6/c1-4-7-10-13-16-19-22-25-28-31-33-36-39-42-45-48-51-54-57-60-66(69)72-63-64(62-71-65(68)59-56-53-50-47-44-41-38-35-30-27-24-21-18-15-12-9-6-3)73-67(70)61-58-55-52-49-46-43-40-37-34-32-29-26-23-20-17-14-11-8-5-2/h8,11,17-18,20-21,25-30,34,37-38,41,43,46,64H,4-7,9-10,12-16,19,22-24,31-33,35-36,39-40,42,44-45,47-63H2,1-3H3/b11-8-,20-17-,21-18-,28-25-,29-26-,30-27-,37-34-,41-38-,46-43-/t64-/m1/s1. The molecular weight excluding hydrogens is 901 g/mol. The second-order valence-electron chi connectivity index (χ2n) is 19.9. The van der Waals surface area contributed by atoms with Crippen molar-refractivity contribution in [3.63, 3.8) is 0 Å². The molecule has 0 saturated carbocycles. The van der Waals surface area contributed by atoms with E-state index in [-0.39, 0.29) is 37.5 Å². The van der Waals surface area contributed by atoms with Gasteiger partial charge in [-0.15, -0.1) is 0 Å². The highest BCUT2D eigenvalue weighted by molar-refractivity contribution is 5.71. The van der Waals surface area contributed by atoms with Gasteiger partial charge in [0, 0.05) is 19.3 Å². The van der Waals surface area contributed by atoms with Gasteiger partial charge in [-0.2, -0.15) is 0 Å². The van der Waals surface area contributed by atoms with E-state index in [0.29, 0.717) is 12.8 Å². The molecule has 0 aromatic carbocycles. The van der Waals surface area contributed by atoms with E-state index < -0.39 is 6.10 Å². The third kappa shape index (κ3) is 58.8. The lowest BCUT2D eigenvalue weighted by Crippen LogP contribution is -2.30. The fourth-order valence-electron chi connectivity index (χ4n) is 8.18. The first kappa shape index (κ1) is 69.1. The van der Waals surface area contributed by atoms with Gasteiger partial charge in [0.1, 0.15) is 13.2 Å². The van der Waals surface area contributed by atoms with Crippen molar-refractivity contribution in [2.24, 2.45) is 0 Å². The summed E-state index contributed by atoms with van der Waals surface area (Å²) in [5, 5.41) is 0. The molecule has 0 aliphatic carbocycles. The number of carbonyl (C=O) groups excluding carboxylic acids is 3. The van der Waals surface area contributed by atoms with Crippen LogP contribution in [0.5, 0.6) is 0 Å². The highest BCUT2D eigenvalue weighted by Crippen LogP contribution is 2.15. The van der Waals surface area contributed by atoms with Crippen molar-refractivity contribution in [3.05, 3.63) is 109 Å². The Balaban J connectivity index is 4.49. The maximum Gasteiger partial charge on any atom is 0.306 e. The summed E-state index contributed by atoms with van der Waals surface area (Å²) in [6.07, 6.45) is 82.2. The van der Waals surface area contributed by atoms with E-state index in [1.54, 1.807) is 0 Å². The van der Waals surface area contributed by atoms with Crippen molar-refractivity contribution < 1.29 is 28.6 Å². The lowest BCUT2D eigenvalue weighted by molar-refractivity contribution is -0.167. The molecule has 0 heterocycles.